The summed E-state index contributed by atoms with van der Waals surface area (Å²) in [6.07, 6.45) is 3.78. The number of benzene rings is 2. The minimum Gasteiger partial charge on any atom is -0.383 e. The van der Waals surface area contributed by atoms with E-state index >= 15 is 0 Å². The van der Waals surface area contributed by atoms with Gasteiger partial charge in [-0.25, -0.2) is 13.8 Å². The summed E-state index contributed by atoms with van der Waals surface area (Å²) in [5, 5.41) is 7.94. The summed E-state index contributed by atoms with van der Waals surface area (Å²) < 4.78 is 29.6. The number of nitrogens with zero attached hydrogens (tertiary/aromatic N) is 6. The van der Waals surface area contributed by atoms with E-state index in [-0.39, 0.29) is 23.2 Å². The molecule has 4 rings (SSSR count). The molecule has 0 bridgehead atoms. The molecule has 0 atom stereocenters. The zero-order chi connectivity index (χ0) is 25.8. The van der Waals surface area contributed by atoms with Gasteiger partial charge in [-0.05, 0) is 63.0 Å². The second-order valence-electron chi connectivity index (χ2n) is 8.72. The summed E-state index contributed by atoms with van der Waals surface area (Å²) >= 11 is 0. The van der Waals surface area contributed by atoms with Gasteiger partial charge in [-0.2, -0.15) is 0 Å². The number of hydrogen-bond donors (Lipinski definition) is 1. The number of carbonyl (C=O) groups is 1. The number of pyridine rings is 1. The standard InChI is InChI=1S/C26H27F2N7O/c1-33(2)12-5-13-34(3)26(36)18-10-8-17(9-11-18)19-14-20(24(29)30-15-19)25-32-31-16-35(25)22-7-4-6-21(27)23(22)28/h4,6-11,14-16H,5,12-13H2,1-3H3,(H2,29,30). The SMILES string of the molecule is CN(C)CCCN(C)C(=O)c1ccc(-c2cnc(N)c(-c3nncn3-c3cccc(F)c3F)c2)cc1. The predicted molar refractivity (Wildman–Crippen MR) is 134 cm³/mol. The Kier molecular flexibility index (Phi) is 7.35. The van der Waals surface area contributed by atoms with E-state index in [0.717, 1.165) is 24.6 Å². The summed E-state index contributed by atoms with van der Waals surface area (Å²) in [5.41, 5.74) is 8.58. The van der Waals surface area contributed by atoms with Gasteiger partial charge in [-0.15, -0.1) is 10.2 Å². The molecule has 0 saturated heterocycles. The Labute approximate surface area is 208 Å². The van der Waals surface area contributed by atoms with Crippen molar-refractivity contribution in [1.82, 2.24) is 29.5 Å². The van der Waals surface area contributed by atoms with Gasteiger partial charge in [-0.1, -0.05) is 18.2 Å². The van der Waals surface area contributed by atoms with Crippen molar-refractivity contribution in [1.29, 1.82) is 0 Å². The fourth-order valence-corrected chi connectivity index (χ4v) is 3.84. The average Bonchev–Trinajstić information content (AvgIpc) is 3.35. The van der Waals surface area contributed by atoms with Gasteiger partial charge in [0.25, 0.3) is 5.91 Å². The van der Waals surface area contributed by atoms with Gasteiger partial charge in [0, 0.05) is 30.9 Å². The maximum Gasteiger partial charge on any atom is 0.253 e. The minimum atomic E-state index is -1.02. The summed E-state index contributed by atoms with van der Waals surface area (Å²) in [5.74, 6) is -1.67. The molecule has 36 heavy (non-hydrogen) atoms. The topological polar surface area (TPSA) is 93.2 Å². The van der Waals surface area contributed by atoms with Gasteiger partial charge in [0.1, 0.15) is 12.1 Å². The molecule has 10 heteroatoms. The number of nitrogens with two attached hydrogens (primary N) is 1. The highest BCUT2D eigenvalue weighted by molar-refractivity contribution is 5.94. The molecule has 2 N–H and O–H groups in total. The number of amides is 1. The molecular weight excluding hydrogens is 464 g/mol. The first kappa shape index (κ1) is 24.9. The van der Waals surface area contributed by atoms with Gasteiger partial charge in [0.15, 0.2) is 17.5 Å². The van der Waals surface area contributed by atoms with Crippen LogP contribution in [0.3, 0.4) is 0 Å². The second-order valence-corrected chi connectivity index (χ2v) is 8.72. The smallest absolute Gasteiger partial charge is 0.253 e. The van der Waals surface area contributed by atoms with Crippen LogP contribution in [0.1, 0.15) is 16.8 Å². The molecular formula is C26H27F2N7O. The van der Waals surface area contributed by atoms with Crippen LogP contribution in [-0.4, -0.2) is 69.7 Å². The van der Waals surface area contributed by atoms with E-state index < -0.39 is 11.6 Å². The Hall–Kier alpha value is -4.18. The van der Waals surface area contributed by atoms with E-state index in [0.29, 0.717) is 23.2 Å². The van der Waals surface area contributed by atoms with Crippen molar-refractivity contribution >= 4 is 11.7 Å². The van der Waals surface area contributed by atoms with Crippen LogP contribution >= 0.6 is 0 Å². The van der Waals surface area contributed by atoms with Crippen LogP contribution in [-0.2, 0) is 0 Å². The number of aromatic nitrogens is 4. The zero-order valence-electron chi connectivity index (χ0n) is 20.3. The van der Waals surface area contributed by atoms with E-state index in [2.05, 4.69) is 20.1 Å². The maximum atomic E-state index is 14.4. The highest BCUT2D eigenvalue weighted by atomic mass is 19.2. The largest absolute Gasteiger partial charge is 0.383 e. The molecule has 186 valence electrons. The lowest BCUT2D eigenvalue weighted by atomic mass is 10.0. The molecule has 0 aliphatic heterocycles. The molecule has 0 aliphatic carbocycles. The van der Waals surface area contributed by atoms with Crippen molar-refractivity contribution in [2.24, 2.45) is 0 Å². The van der Waals surface area contributed by atoms with Crippen LogP contribution in [0.2, 0.25) is 0 Å². The number of nitrogen functional groups attached to an aromatic ring is 1. The number of rotatable bonds is 8. The summed E-state index contributed by atoms with van der Waals surface area (Å²) in [6, 6.07) is 12.8. The molecule has 2 heterocycles. The van der Waals surface area contributed by atoms with Gasteiger partial charge >= 0.3 is 0 Å². The van der Waals surface area contributed by atoms with Crippen molar-refractivity contribution in [3.63, 3.8) is 0 Å². The van der Waals surface area contributed by atoms with Crippen LogP contribution in [0.4, 0.5) is 14.6 Å². The summed E-state index contributed by atoms with van der Waals surface area (Å²) in [4.78, 5) is 20.8. The van der Waals surface area contributed by atoms with Crippen molar-refractivity contribution in [2.75, 3.05) is 40.0 Å². The van der Waals surface area contributed by atoms with Crippen molar-refractivity contribution < 1.29 is 13.6 Å². The lowest BCUT2D eigenvalue weighted by Gasteiger charge is -2.18. The monoisotopic (exact) mass is 491 g/mol. The van der Waals surface area contributed by atoms with Crippen LogP contribution < -0.4 is 5.73 Å². The second kappa shape index (κ2) is 10.6. The Morgan fingerprint density at radius 2 is 1.78 bits per heavy atom. The molecule has 0 saturated carbocycles. The molecule has 2 aromatic heterocycles. The average molecular weight is 492 g/mol. The fourth-order valence-electron chi connectivity index (χ4n) is 3.84. The number of carbonyl (C=O) groups excluding carboxylic acids is 1. The first-order chi connectivity index (χ1) is 17.3. The molecule has 0 unspecified atom stereocenters. The molecule has 1 amide bonds. The molecule has 0 spiro atoms. The Morgan fingerprint density at radius 3 is 2.50 bits per heavy atom. The highest BCUT2D eigenvalue weighted by Gasteiger charge is 2.18. The third-order valence-corrected chi connectivity index (χ3v) is 5.81. The Bertz CT molecular complexity index is 1370. The molecule has 0 radical (unpaired) electrons. The molecule has 2 aromatic carbocycles. The van der Waals surface area contributed by atoms with Crippen LogP contribution in [0.5, 0.6) is 0 Å². The lowest BCUT2D eigenvalue weighted by molar-refractivity contribution is 0.0790. The first-order valence-corrected chi connectivity index (χ1v) is 11.4. The summed E-state index contributed by atoms with van der Waals surface area (Å²) in [7, 11) is 5.79. The van der Waals surface area contributed by atoms with Gasteiger partial charge < -0.3 is 15.5 Å². The highest BCUT2D eigenvalue weighted by Crippen LogP contribution is 2.30. The number of anilines is 1. The Balaban J connectivity index is 1.60. The molecule has 8 nitrogen and oxygen atoms in total. The first-order valence-electron chi connectivity index (χ1n) is 11.4. The normalized spacial score (nSPS) is 11.2. The molecule has 4 aromatic rings. The minimum absolute atomic E-state index is 0.0441. The summed E-state index contributed by atoms with van der Waals surface area (Å²) in [6.45, 7) is 1.57. The zero-order valence-corrected chi connectivity index (χ0v) is 20.3. The van der Waals surface area contributed by atoms with Crippen LogP contribution in [0.15, 0.2) is 61.1 Å². The molecule has 0 aliphatic rings. The van der Waals surface area contributed by atoms with E-state index in [1.165, 1.54) is 23.0 Å². The lowest BCUT2D eigenvalue weighted by Crippen LogP contribution is -2.29. The predicted octanol–water partition coefficient (Wildman–Crippen LogP) is 3.88. The van der Waals surface area contributed by atoms with Crippen LogP contribution in [0.25, 0.3) is 28.2 Å². The Morgan fingerprint density at radius 1 is 1.03 bits per heavy atom. The third-order valence-electron chi connectivity index (χ3n) is 5.81. The van der Waals surface area contributed by atoms with Crippen LogP contribution in [0, 0.1) is 11.6 Å². The van der Waals surface area contributed by atoms with E-state index in [1.54, 1.807) is 36.3 Å². The van der Waals surface area contributed by atoms with Crippen molar-refractivity contribution in [3.8, 4) is 28.2 Å². The number of hydrogen-bond acceptors (Lipinski definition) is 6. The van der Waals surface area contributed by atoms with Gasteiger partial charge in [0.05, 0.1) is 11.3 Å². The third kappa shape index (κ3) is 5.23. The molecule has 0 fully saturated rings. The van der Waals surface area contributed by atoms with Crippen molar-refractivity contribution in [3.05, 3.63) is 78.3 Å². The van der Waals surface area contributed by atoms with E-state index in [4.69, 9.17) is 5.73 Å². The van der Waals surface area contributed by atoms with Crippen molar-refractivity contribution in [2.45, 2.75) is 6.42 Å². The number of halogens is 2. The fraction of sp³-hybridized carbons (Fsp3) is 0.231. The van der Waals surface area contributed by atoms with Gasteiger partial charge in [-0.3, -0.25) is 9.36 Å². The van der Waals surface area contributed by atoms with E-state index in [9.17, 15) is 13.6 Å². The van der Waals surface area contributed by atoms with E-state index in [1.807, 2.05) is 26.2 Å². The quantitative estimate of drug-likeness (QED) is 0.402. The van der Waals surface area contributed by atoms with Gasteiger partial charge in [0.2, 0.25) is 0 Å². The maximum absolute atomic E-state index is 14.4.